The summed E-state index contributed by atoms with van der Waals surface area (Å²) in [5.74, 6) is 0.102. The summed E-state index contributed by atoms with van der Waals surface area (Å²) < 4.78 is 32.5. The average Bonchev–Trinajstić information content (AvgIpc) is 3.08. The number of rotatable bonds is 7. The third kappa shape index (κ3) is 4.63. The lowest BCUT2D eigenvalue weighted by Gasteiger charge is -2.15. The zero-order valence-electron chi connectivity index (χ0n) is 17.1. The molecular formula is C23H20N2O5S2. The van der Waals surface area contributed by atoms with Gasteiger partial charge in [-0.05, 0) is 60.7 Å². The molecule has 1 N–H and O–H groups in total. The normalized spacial score (nSPS) is 16.3. The van der Waals surface area contributed by atoms with Crippen LogP contribution in [0.15, 0.2) is 88.7 Å². The molecule has 1 heterocycles. The van der Waals surface area contributed by atoms with Gasteiger partial charge in [-0.25, -0.2) is 13.3 Å². The van der Waals surface area contributed by atoms with Crippen molar-refractivity contribution in [3.05, 3.63) is 78.9 Å². The Morgan fingerprint density at radius 2 is 1.59 bits per heavy atom. The molecule has 0 saturated carbocycles. The van der Waals surface area contributed by atoms with E-state index in [-0.39, 0.29) is 23.1 Å². The topological polar surface area (TPSA) is 92.8 Å². The number of hydrogen-bond acceptors (Lipinski definition) is 6. The highest BCUT2D eigenvalue weighted by molar-refractivity contribution is 8.00. The Balaban J connectivity index is 1.43. The average molecular weight is 469 g/mol. The van der Waals surface area contributed by atoms with Gasteiger partial charge in [0, 0.05) is 17.0 Å². The molecule has 1 atom stereocenters. The Bertz CT molecular complexity index is 1230. The summed E-state index contributed by atoms with van der Waals surface area (Å²) in [6, 6.07) is 21.6. The van der Waals surface area contributed by atoms with Crippen LogP contribution in [-0.2, 0) is 19.6 Å². The predicted octanol–water partition coefficient (Wildman–Crippen LogP) is 3.92. The Hall–Kier alpha value is -3.30. The molecule has 2 amide bonds. The number of carbonyl (C=O) groups excluding carboxylic acids is 2. The lowest BCUT2D eigenvalue weighted by molar-refractivity contribution is -0.121. The number of amides is 2. The van der Waals surface area contributed by atoms with Gasteiger partial charge < -0.3 is 4.74 Å². The second-order valence-corrected chi connectivity index (χ2v) is 9.98. The maximum absolute atomic E-state index is 12.8. The van der Waals surface area contributed by atoms with E-state index < -0.39 is 15.3 Å². The van der Waals surface area contributed by atoms with Crippen LogP contribution >= 0.6 is 11.8 Å². The number of imide groups is 1. The van der Waals surface area contributed by atoms with Gasteiger partial charge in [0.25, 0.3) is 10.0 Å². The Morgan fingerprint density at radius 1 is 0.938 bits per heavy atom. The highest BCUT2D eigenvalue weighted by Crippen LogP contribution is 2.35. The Kier molecular flexibility index (Phi) is 6.20. The quantitative estimate of drug-likeness (QED) is 0.529. The van der Waals surface area contributed by atoms with E-state index in [4.69, 9.17) is 4.74 Å². The molecule has 4 rings (SSSR count). The van der Waals surface area contributed by atoms with Crippen molar-refractivity contribution in [1.82, 2.24) is 0 Å². The maximum atomic E-state index is 12.8. The zero-order chi connectivity index (χ0) is 22.7. The summed E-state index contributed by atoms with van der Waals surface area (Å²) in [5, 5.41) is -0.545. The van der Waals surface area contributed by atoms with Crippen LogP contribution in [0.5, 0.6) is 5.75 Å². The third-order valence-corrected chi connectivity index (χ3v) is 7.47. The first-order valence-electron chi connectivity index (χ1n) is 9.73. The molecule has 0 radical (unpaired) electrons. The summed E-state index contributed by atoms with van der Waals surface area (Å²) in [5.41, 5.74) is 0.918. The fourth-order valence-electron chi connectivity index (χ4n) is 3.28. The van der Waals surface area contributed by atoms with Crippen LogP contribution < -0.4 is 14.4 Å². The summed E-state index contributed by atoms with van der Waals surface area (Å²) in [6.45, 7) is 0. The molecule has 1 saturated heterocycles. The number of nitrogens with zero attached hydrogens (tertiary/aromatic N) is 1. The second kappa shape index (κ2) is 9.05. The Morgan fingerprint density at radius 3 is 2.22 bits per heavy atom. The molecular weight excluding hydrogens is 448 g/mol. The highest BCUT2D eigenvalue weighted by atomic mass is 32.2. The van der Waals surface area contributed by atoms with Crippen LogP contribution in [0.3, 0.4) is 0 Å². The van der Waals surface area contributed by atoms with Crippen LogP contribution in [0.4, 0.5) is 11.4 Å². The molecule has 1 aliphatic rings. The predicted molar refractivity (Wildman–Crippen MR) is 123 cm³/mol. The number of benzene rings is 3. The van der Waals surface area contributed by atoms with Gasteiger partial charge in [-0.2, -0.15) is 0 Å². The molecule has 3 aromatic rings. The van der Waals surface area contributed by atoms with Crippen LogP contribution in [-0.4, -0.2) is 32.6 Å². The van der Waals surface area contributed by atoms with Gasteiger partial charge in [-0.15, -0.1) is 11.8 Å². The van der Waals surface area contributed by atoms with E-state index >= 15 is 0 Å². The number of carbonyl (C=O) groups is 2. The Labute approximate surface area is 190 Å². The summed E-state index contributed by atoms with van der Waals surface area (Å²) in [4.78, 5) is 27.4. The number of nitrogens with one attached hydrogen (secondary N) is 1. The maximum Gasteiger partial charge on any atom is 0.261 e. The summed E-state index contributed by atoms with van der Waals surface area (Å²) in [7, 11) is -2.13. The molecule has 0 spiro atoms. The molecule has 32 heavy (non-hydrogen) atoms. The van der Waals surface area contributed by atoms with Gasteiger partial charge >= 0.3 is 0 Å². The number of hydrogen-bond donors (Lipinski definition) is 1. The fraction of sp³-hybridized carbons (Fsp3) is 0.130. The van der Waals surface area contributed by atoms with Gasteiger partial charge in [0.05, 0.1) is 22.9 Å². The minimum absolute atomic E-state index is 0.0952. The largest absolute Gasteiger partial charge is 0.497 e. The van der Waals surface area contributed by atoms with Gasteiger partial charge in [0.15, 0.2) is 0 Å². The minimum Gasteiger partial charge on any atom is -0.497 e. The molecule has 1 aliphatic heterocycles. The monoisotopic (exact) mass is 468 g/mol. The van der Waals surface area contributed by atoms with E-state index in [2.05, 4.69) is 4.72 Å². The molecule has 0 aromatic heterocycles. The molecule has 0 bridgehead atoms. The van der Waals surface area contributed by atoms with Gasteiger partial charge in [-0.3, -0.25) is 14.3 Å². The first-order chi connectivity index (χ1) is 15.4. The lowest BCUT2D eigenvalue weighted by atomic mass is 10.3. The highest BCUT2D eigenvalue weighted by Gasteiger charge is 2.40. The van der Waals surface area contributed by atoms with Crippen molar-refractivity contribution >= 4 is 45.0 Å². The van der Waals surface area contributed by atoms with Crippen LogP contribution in [0.2, 0.25) is 0 Å². The van der Waals surface area contributed by atoms with Gasteiger partial charge in [-0.1, -0.05) is 18.2 Å². The zero-order valence-corrected chi connectivity index (χ0v) is 18.7. The van der Waals surface area contributed by atoms with Crippen molar-refractivity contribution in [1.29, 1.82) is 0 Å². The summed E-state index contributed by atoms with van der Waals surface area (Å²) in [6.07, 6.45) is 0.0952. The number of ether oxygens (including phenoxy) is 1. The van der Waals surface area contributed by atoms with E-state index in [0.717, 1.165) is 4.90 Å². The first kappa shape index (κ1) is 21.9. The van der Waals surface area contributed by atoms with E-state index in [1.807, 2.05) is 0 Å². The molecule has 7 nitrogen and oxygen atoms in total. The minimum atomic E-state index is -3.68. The number of thioether (sulfide) groups is 1. The number of methoxy groups -OCH3 is 1. The van der Waals surface area contributed by atoms with Crippen molar-refractivity contribution in [3.8, 4) is 5.75 Å². The second-order valence-electron chi connectivity index (χ2n) is 7.02. The van der Waals surface area contributed by atoms with Crippen molar-refractivity contribution < 1.29 is 22.7 Å². The molecule has 9 heteroatoms. The van der Waals surface area contributed by atoms with Gasteiger partial charge in [0.1, 0.15) is 5.75 Å². The van der Waals surface area contributed by atoms with Crippen molar-refractivity contribution in [2.45, 2.75) is 21.5 Å². The van der Waals surface area contributed by atoms with E-state index in [1.165, 1.54) is 28.8 Å². The lowest BCUT2D eigenvalue weighted by Crippen LogP contribution is -2.31. The van der Waals surface area contributed by atoms with Crippen LogP contribution in [0.1, 0.15) is 6.42 Å². The van der Waals surface area contributed by atoms with Crippen molar-refractivity contribution in [2.24, 2.45) is 0 Å². The first-order valence-corrected chi connectivity index (χ1v) is 12.1. The fourth-order valence-corrected chi connectivity index (χ4v) is 5.41. The number of anilines is 2. The number of sulfonamides is 1. The molecule has 164 valence electrons. The SMILES string of the molecule is COc1ccc(N2C(=O)C[C@@H](Sc3ccc(NS(=O)(=O)c4ccccc4)cc3)C2=O)cc1. The molecule has 3 aromatic carbocycles. The van der Waals surface area contributed by atoms with Crippen molar-refractivity contribution in [3.63, 3.8) is 0 Å². The standard InChI is InChI=1S/C23H20N2O5S2/c1-30-18-11-9-17(10-12-18)25-22(26)15-21(23(25)27)31-19-13-7-16(8-14-19)24-32(28,29)20-5-3-2-4-6-20/h2-14,21,24H,15H2,1H3/t21-/m1/s1. The van der Waals surface area contributed by atoms with E-state index in [9.17, 15) is 18.0 Å². The van der Waals surface area contributed by atoms with E-state index in [0.29, 0.717) is 17.1 Å². The smallest absolute Gasteiger partial charge is 0.261 e. The summed E-state index contributed by atoms with van der Waals surface area (Å²) >= 11 is 1.28. The molecule has 0 unspecified atom stereocenters. The molecule has 1 fully saturated rings. The van der Waals surface area contributed by atoms with Gasteiger partial charge in [0.2, 0.25) is 11.8 Å². The van der Waals surface area contributed by atoms with E-state index in [1.54, 1.807) is 73.8 Å². The van der Waals surface area contributed by atoms with Crippen LogP contribution in [0, 0.1) is 0 Å². The van der Waals surface area contributed by atoms with Crippen molar-refractivity contribution in [2.75, 3.05) is 16.7 Å². The third-order valence-electron chi connectivity index (χ3n) is 4.87. The molecule has 0 aliphatic carbocycles. The van der Waals surface area contributed by atoms with Crippen LogP contribution in [0.25, 0.3) is 0 Å².